The van der Waals surface area contributed by atoms with Crippen molar-refractivity contribution in [3.05, 3.63) is 65.7 Å². The standard InChI is InChI=1S/C22H29NO2S/c1-18(2)21-10-12-22(13-11-21)26(24,25)23-16-14-20(15-17-23)9-8-19-6-4-3-5-7-19/h3-7,10-13,18,20H,8-9,14-17H2,1-2H3. The fourth-order valence-corrected chi connectivity index (χ4v) is 5.10. The summed E-state index contributed by atoms with van der Waals surface area (Å²) in [6, 6.07) is 17.9. The fraction of sp³-hybridized carbons (Fsp3) is 0.455. The summed E-state index contributed by atoms with van der Waals surface area (Å²) in [5.41, 5.74) is 2.54. The monoisotopic (exact) mass is 371 g/mol. The van der Waals surface area contributed by atoms with Crippen molar-refractivity contribution in [3.63, 3.8) is 0 Å². The van der Waals surface area contributed by atoms with Gasteiger partial charge in [0, 0.05) is 13.1 Å². The van der Waals surface area contributed by atoms with E-state index in [1.165, 1.54) is 11.1 Å². The molecule has 0 aromatic heterocycles. The van der Waals surface area contributed by atoms with Crippen LogP contribution in [0.3, 0.4) is 0 Å². The van der Waals surface area contributed by atoms with Crippen LogP contribution in [0, 0.1) is 5.92 Å². The second kappa shape index (κ2) is 8.36. The van der Waals surface area contributed by atoms with E-state index in [9.17, 15) is 8.42 Å². The lowest BCUT2D eigenvalue weighted by Crippen LogP contribution is -2.38. The minimum absolute atomic E-state index is 0.409. The average molecular weight is 372 g/mol. The Hall–Kier alpha value is -1.65. The van der Waals surface area contributed by atoms with Crippen LogP contribution >= 0.6 is 0 Å². The van der Waals surface area contributed by atoms with E-state index >= 15 is 0 Å². The van der Waals surface area contributed by atoms with E-state index in [0.717, 1.165) is 25.7 Å². The van der Waals surface area contributed by atoms with Gasteiger partial charge in [0.2, 0.25) is 10.0 Å². The maximum atomic E-state index is 12.9. The molecular weight excluding hydrogens is 342 g/mol. The number of sulfonamides is 1. The molecule has 3 nitrogen and oxygen atoms in total. The van der Waals surface area contributed by atoms with Crippen molar-refractivity contribution in [1.82, 2.24) is 4.31 Å². The topological polar surface area (TPSA) is 37.4 Å². The Balaban J connectivity index is 1.56. The Labute approximate surface area is 158 Å². The molecule has 2 aromatic rings. The molecule has 2 aromatic carbocycles. The molecule has 0 saturated carbocycles. The third-order valence-electron chi connectivity index (χ3n) is 5.44. The van der Waals surface area contributed by atoms with Gasteiger partial charge in [-0.1, -0.05) is 56.3 Å². The molecule has 0 amide bonds. The van der Waals surface area contributed by atoms with Crippen LogP contribution in [0.2, 0.25) is 0 Å². The highest BCUT2D eigenvalue weighted by Crippen LogP contribution is 2.27. The maximum Gasteiger partial charge on any atom is 0.243 e. The van der Waals surface area contributed by atoms with Gasteiger partial charge < -0.3 is 0 Å². The van der Waals surface area contributed by atoms with Crippen LogP contribution in [0.4, 0.5) is 0 Å². The second-order valence-corrected chi connectivity index (χ2v) is 9.53. The van der Waals surface area contributed by atoms with Gasteiger partial charge in [0.1, 0.15) is 0 Å². The molecule has 1 aliphatic heterocycles. The molecular formula is C22H29NO2S. The first kappa shape index (κ1) is 19.1. The number of rotatable bonds is 6. The number of benzene rings is 2. The van der Waals surface area contributed by atoms with Gasteiger partial charge in [-0.2, -0.15) is 4.31 Å². The van der Waals surface area contributed by atoms with Crippen molar-refractivity contribution < 1.29 is 8.42 Å². The molecule has 140 valence electrons. The molecule has 1 fully saturated rings. The maximum absolute atomic E-state index is 12.9. The highest BCUT2D eigenvalue weighted by Gasteiger charge is 2.29. The van der Waals surface area contributed by atoms with Gasteiger partial charge in [-0.25, -0.2) is 8.42 Å². The minimum atomic E-state index is -3.36. The van der Waals surface area contributed by atoms with Crippen molar-refractivity contribution in [2.45, 2.75) is 50.3 Å². The lowest BCUT2D eigenvalue weighted by molar-refractivity contribution is 0.263. The molecule has 0 spiro atoms. The molecule has 0 radical (unpaired) electrons. The molecule has 1 saturated heterocycles. The number of nitrogens with zero attached hydrogens (tertiary/aromatic N) is 1. The summed E-state index contributed by atoms with van der Waals surface area (Å²) in [7, 11) is -3.36. The van der Waals surface area contributed by atoms with E-state index in [4.69, 9.17) is 0 Å². The molecule has 0 unspecified atom stereocenters. The zero-order valence-corrected chi connectivity index (χ0v) is 16.6. The Morgan fingerprint density at radius 3 is 2.15 bits per heavy atom. The summed E-state index contributed by atoms with van der Waals surface area (Å²) in [5.74, 6) is 1.03. The van der Waals surface area contributed by atoms with E-state index in [-0.39, 0.29) is 0 Å². The number of piperidine rings is 1. The van der Waals surface area contributed by atoms with Crippen LogP contribution in [0.5, 0.6) is 0 Å². The molecule has 26 heavy (non-hydrogen) atoms. The molecule has 0 aliphatic carbocycles. The third-order valence-corrected chi connectivity index (χ3v) is 7.35. The van der Waals surface area contributed by atoms with Gasteiger partial charge in [-0.05, 0) is 60.8 Å². The van der Waals surface area contributed by atoms with Gasteiger partial charge in [-0.15, -0.1) is 0 Å². The summed E-state index contributed by atoms with van der Waals surface area (Å²) in [4.78, 5) is 0.421. The van der Waals surface area contributed by atoms with Crippen molar-refractivity contribution in [2.75, 3.05) is 13.1 Å². The first-order valence-corrected chi connectivity index (χ1v) is 11.0. The summed E-state index contributed by atoms with van der Waals surface area (Å²) in [5, 5.41) is 0. The molecule has 3 rings (SSSR count). The Kier molecular flexibility index (Phi) is 6.15. The largest absolute Gasteiger partial charge is 0.243 e. The minimum Gasteiger partial charge on any atom is -0.207 e. The van der Waals surface area contributed by atoms with E-state index < -0.39 is 10.0 Å². The van der Waals surface area contributed by atoms with Gasteiger partial charge >= 0.3 is 0 Å². The van der Waals surface area contributed by atoms with E-state index in [0.29, 0.717) is 29.8 Å². The van der Waals surface area contributed by atoms with Crippen molar-refractivity contribution >= 4 is 10.0 Å². The average Bonchev–Trinajstić information content (AvgIpc) is 2.67. The van der Waals surface area contributed by atoms with Gasteiger partial charge in [-0.3, -0.25) is 0 Å². The van der Waals surface area contributed by atoms with Crippen LogP contribution in [0.1, 0.15) is 50.2 Å². The fourth-order valence-electron chi connectivity index (χ4n) is 3.63. The zero-order valence-electron chi connectivity index (χ0n) is 15.8. The lowest BCUT2D eigenvalue weighted by atomic mass is 9.91. The van der Waals surface area contributed by atoms with Crippen molar-refractivity contribution in [3.8, 4) is 0 Å². The Morgan fingerprint density at radius 1 is 0.962 bits per heavy atom. The SMILES string of the molecule is CC(C)c1ccc(S(=O)(=O)N2CCC(CCc3ccccc3)CC2)cc1. The van der Waals surface area contributed by atoms with Gasteiger partial charge in [0.05, 0.1) is 4.90 Å². The van der Waals surface area contributed by atoms with Crippen LogP contribution in [-0.4, -0.2) is 25.8 Å². The normalized spacial score (nSPS) is 16.9. The van der Waals surface area contributed by atoms with Crippen LogP contribution < -0.4 is 0 Å². The van der Waals surface area contributed by atoms with Crippen LogP contribution in [0.25, 0.3) is 0 Å². The molecule has 0 atom stereocenters. The van der Waals surface area contributed by atoms with E-state index in [2.05, 4.69) is 38.1 Å². The molecule has 1 aliphatic rings. The molecule has 4 heteroatoms. The number of hydrogen-bond donors (Lipinski definition) is 0. The summed E-state index contributed by atoms with van der Waals surface area (Å²) in [6.45, 7) is 5.49. The first-order valence-electron chi connectivity index (χ1n) is 9.61. The first-order chi connectivity index (χ1) is 12.5. The highest BCUT2D eigenvalue weighted by molar-refractivity contribution is 7.89. The third kappa shape index (κ3) is 4.54. The van der Waals surface area contributed by atoms with E-state index in [1.54, 1.807) is 16.4 Å². The lowest BCUT2D eigenvalue weighted by Gasteiger charge is -2.31. The van der Waals surface area contributed by atoms with Crippen LogP contribution in [-0.2, 0) is 16.4 Å². The Morgan fingerprint density at radius 2 is 1.58 bits per heavy atom. The van der Waals surface area contributed by atoms with Crippen LogP contribution in [0.15, 0.2) is 59.5 Å². The zero-order chi connectivity index (χ0) is 18.6. The van der Waals surface area contributed by atoms with Gasteiger partial charge in [0.25, 0.3) is 0 Å². The highest BCUT2D eigenvalue weighted by atomic mass is 32.2. The molecule has 0 bridgehead atoms. The van der Waals surface area contributed by atoms with E-state index in [1.807, 2.05) is 18.2 Å². The van der Waals surface area contributed by atoms with Crippen molar-refractivity contribution in [1.29, 1.82) is 0 Å². The summed E-state index contributed by atoms with van der Waals surface area (Å²) >= 11 is 0. The smallest absolute Gasteiger partial charge is 0.207 e. The molecule has 1 heterocycles. The number of hydrogen-bond acceptors (Lipinski definition) is 2. The quantitative estimate of drug-likeness (QED) is 0.728. The predicted octanol–water partition coefficient (Wildman–Crippen LogP) is 4.84. The van der Waals surface area contributed by atoms with Gasteiger partial charge in [0.15, 0.2) is 0 Å². The summed E-state index contributed by atoms with van der Waals surface area (Å²) in [6.07, 6.45) is 4.13. The van der Waals surface area contributed by atoms with Crippen molar-refractivity contribution in [2.24, 2.45) is 5.92 Å². The summed E-state index contributed by atoms with van der Waals surface area (Å²) < 4.78 is 27.4. The Bertz CT molecular complexity index is 790. The second-order valence-electron chi connectivity index (χ2n) is 7.60. The predicted molar refractivity (Wildman–Crippen MR) is 107 cm³/mol. The molecule has 0 N–H and O–H groups in total. The number of aryl methyl sites for hydroxylation is 1.